The van der Waals surface area contributed by atoms with Crippen LogP contribution < -0.4 is 9.47 Å². The van der Waals surface area contributed by atoms with Crippen molar-refractivity contribution in [3.63, 3.8) is 0 Å². The molecule has 1 spiro atoms. The average molecular weight is 408 g/mol. The van der Waals surface area contributed by atoms with E-state index in [2.05, 4.69) is 22.9 Å². The predicted molar refractivity (Wildman–Crippen MR) is 116 cm³/mol. The van der Waals surface area contributed by atoms with Gasteiger partial charge in [0.25, 0.3) is 0 Å². The molecule has 1 atom stereocenters. The van der Waals surface area contributed by atoms with E-state index in [-0.39, 0.29) is 11.8 Å². The zero-order valence-corrected chi connectivity index (χ0v) is 17.7. The topological polar surface area (TPSA) is 57.5 Å². The summed E-state index contributed by atoms with van der Waals surface area (Å²) in [5.41, 5.74) is 2.34. The SMILES string of the molecule is CCOc1cccc2c1OC1(CCN(CC)CC1)N1N=C(c3ccccc3O)C[C@@H]21. The molecule has 2 aromatic rings. The highest BCUT2D eigenvalue weighted by molar-refractivity contribution is 6.04. The highest BCUT2D eigenvalue weighted by atomic mass is 16.6. The lowest BCUT2D eigenvalue weighted by Gasteiger charge is -2.51. The van der Waals surface area contributed by atoms with Gasteiger partial charge in [0.15, 0.2) is 11.5 Å². The van der Waals surface area contributed by atoms with Gasteiger partial charge < -0.3 is 19.5 Å². The first-order valence-electron chi connectivity index (χ1n) is 11.0. The minimum atomic E-state index is -0.483. The van der Waals surface area contributed by atoms with Gasteiger partial charge in [0, 0.05) is 43.5 Å². The number of hydrazone groups is 1. The van der Waals surface area contributed by atoms with E-state index >= 15 is 0 Å². The molecule has 1 saturated heterocycles. The summed E-state index contributed by atoms with van der Waals surface area (Å²) < 4.78 is 12.7. The zero-order valence-electron chi connectivity index (χ0n) is 17.7. The molecule has 6 heteroatoms. The molecule has 0 aromatic heterocycles. The van der Waals surface area contributed by atoms with Crippen molar-refractivity contribution >= 4 is 5.71 Å². The van der Waals surface area contributed by atoms with E-state index in [4.69, 9.17) is 14.6 Å². The molecule has 30 heavy (non-hydrogen) atoms. The molecule has 6 nitrogen and oxygen atoms in total. The van der Waals surface area contributed by atoms with Gasteiger partial charge in [-0.05, 0) is 31.7 Å². The number of fused-ring (bicyclic) bond motifs is 4. The number of benzene rings is 2. The molecule has 0 radical (unpaired) electrons. The number of phenolic OH excluding ortho intramolecular Hbond substituents is 1. The van der Waals surface area contributed by atoms with Crippen molar-refractivity contribution in [3.8, 4) is 17.2 Å². The van der Waals surface area contributed by atoms with E-state index < -0.39 is 5.72 Å². The second-order valence-corrected chi connectivity index (χ2v) is 8.22. The molecule has 0 amide bonds. The van der Waals surface area contributed by atoms with E-state index in [9.17, 15) is 5.11 Å². The summed E-state index contributed by atoms with van der Waals surface area (Å²) >= 11 is 0. The Morgan fingerprint density at radius 2 is 1.93 bits per heavy atom. The van der Waals surface area contributed by atoms with Gasteiger partial charge in [0.2, 0.25) is 5.72 Å². The van der Waals surface area contributed by atoms with Crippen LogP contribution in [0.5, 0.6) is 17.2 Å². The maximum atomic E-state index is 10.4. The first kappa shape index (κ1) is 19.2. The molecule has 5 rings (SSSR count). The van der Waals surface area contributed by atoms with Crippen molar-refractivity contribution in [2.24, 2.45) is 5.10 Å². The van der Waals surface area contributed by atoms with Gasteiger partial charge in [-0.1, -0.05) is 31.2 Å². The van der Waals surface area contributed by atoms with Crippen molar-refractivity contribution in [2.45, 2.75) is 44.9 Å². The lowest BCUT2D eigenvalue weighted by Crippen LogP contribution is -2.59. The van der Waals surface area contributed by atoms with Crippen LogP contribution in [0, 0.1) is 0 Å². The number of hydrogen-bond acceptors (Lipinski definition) is 6. The highest BCUT2D eigenvalue weighted by Crippen LogP contribution is 2.53. The molecule has 2 aromatic carbocycles. The van der Waals surface area contributed by atoms with Crippen LogP contribution in [0.25, 0.3) is 0 Å². The van der Waals surface area contributed by atoms with E-state index in [1.165, 1.54) is 0 Å². The van der Waals surface area contributed by atoms with E-state index in [1.807, 2.05) is 37.3 Å². The van der Waals surface area contributed by atoms with Gasteiger partial charge >= 0.3 is 0 Å². The van der Waals surface area contributed by atoms with E-state index in [0.717, 1.165) is 67.2 Å². The van der Waals surface area contributed by atoms with Gasteiger partial charge in [0.1, 0.15) is 5.75 Å². The van der Waals surface area contributed by atoms with Crippen LogP contribution in [0.15, 0.2) is 47.6 Å². The van der Waals surface area contributed by atoms with Gasteiger partial charge in [-0.15, -0.1) is 0 Å². The fraction of sp³-hybridized carbons (Fsp3) is 0.458. The molecule has 0 unspecified atom stereocenters. The van der Waals surface area contributed by atoms with Crippen molar-refractivity contribution in [1.82, 2.24) is 9.91 Å². The molecule has 0 bridgehead atoms. The predicted octanol–water partition coefficient (Wildman–Crippen LogP) is 4.15. The largest absolute Gasteiger partial charge is 0.507 e. The number of likely N-dealkylation sites (tertiary alicyclic amines) is 1. The van der Waals surface area contributed by atoms with Gasteiger partial charge in [-0.25, -0.2) is 5.01 Å². The van der Waals surface area contributed by atoms with Gasteiger partial charge in [-0.2, -0.15) is 5.10 Å². The number of para-hydroxylation sites is 2. The molecular weight excluding hydrogens is 378 g/mol. The zero-order chi connectivity index (χ0) is 20.7. The summed E-state index contributed by atoms with van der Waals surface area (Å²) in [7, 11) is 0. The lowest BCUT2D eigenvalue weighted by atomic mass is 9.90. The second kappa shape index (κ2) is 7.51. The Kier molecular flexibility index (Phi) is 4.82. The molecule has 3 aliphatic heterocycles. The molecular formula is C24H29N3O3. The number of ether oxygens (including phenoxy) is 2. The summed E-state index contributed by atoms with van der Waals surface area (Å²) in [5.74, 6) is 1.94. The smallest absolute Gasteiger partial charge is 0.200 e. The Bertz CT molecular complexity index is 966. The number of nitrogens with zero attached hydrogens (tertiary/aromatic N) is 3. The third-order valence-corrected chi connectivity index (χ3v) is 6.59. The standard InChI is InChI=1S/C24H29N3O3/c1-3-26-14-12-24(13-15-26)27-20(16-19(25-27)17-8-5-6-10-21(17)28)18-9-7-11-22(29-4-2)23(18)30-24/h5-11,20,28H,3-4,12-16H2,1-2H3/t20-/m0/s1. The van der Waals surface area contributed by atoms with Crippen molar-refractivity contribution in [1.29, 1.82) is 0 Å². The summed E-state index contributed by atoms with van der Waals surface area (Å²) in [4.78, 5) is 2.46. The van der Waals surface area contributed by atoms with Crippen LogP contribution in [-0.4, -0.2) is 52.7 Å². The fourth-order valence-corrected chi connectivity index (χ4v) is 4.97. The first-order valence-corrected chi connectivity index (χ1v) is 11.0. The number of piperidine rings is 1. The third-order valence-electron chi connectivity index (χ3n) is 6.59. The van der Waals surface area contributed by atoms with Gasteiger partial charge in [0.05, 0.1) is 18.4 Å². The van der Waals surface area contributed by atoms with Crippen LogP contribution in [0.3, 0.4) is 0 Å². The molecule has 158 valence electrons. The lowest BCUT2D eigenvalue weighted by molar-refractivity contribution is -0.150. The Balaban J connectivity index is 1.59. The third kappa shape index (κ3) is 3.01. The van der Waals surface area contributed by atoms with Crippen LogP contribution in [0.4, 0.5) is 0 Å². The Hall–Kier alpha value is -2.73. The minimum Gasteiger partial charge on any atom is -0.507 e. The monoisotopic (exact) mass is 407 g/mol. The minimum absolute atomic E-state index is 0.0805. The van der Waals surface area contributed by atoms with Crippen LogP contribution >= 0.6 is 0 Å². The molecule has 1 fully saturated rings. The fourth-order valence-electron chi connectivity index (χ4n) is 4.97. The maximum Gasteiger partial charge on any atom is 0.200 e. The molecule has 3 aliphatic rings. The number of phenols is 1. The Labute approximate surface area is 177 Å². The molecule has 3 heterocycles. The summed E-state index contributed by atoms with van der Waals surface area (Å²) in [5, 5.41) is 17.7. The van der Waals surface area contributed by atoms with Crippen molar-refractivity contribution in [2.75, 3.05) is 26.2 Å². The van der Waals surface area contributed by atoms with Crippen LogP contribution in [0.1, 0.15) is 50.3 Å². The number of rotatable bonds is 4. The summed E-state index contributed by atoms with van der Waals surface area (Å²) in [6.45, 7) is 7.81. The second-order valence-electron chi connectivity index (χ2n) is 8.22. The van der Waals surface area contributed by atoms with Crippen molar-refractivity contribution < 1.29 is 14.6 Å². The van der Waals surface area contributed by atoms with Crippen LogP contribution in [0.2, 0.25) is 0 Å². The average Bonchev–Trinajstić information content (AvgIpc) is 3.22. The number of hydrogen-bond donors (Lipinski definition) is 1. The number of aromatic hydroxyl groups is 1. The van der Waals surface area contributed by atoms with E-state index in [1.54, 1.807) is 6.07 Å². The quantitative estimate of drug-likeness (QED) is 0.825. The maximum absolute atomic E-state index is 10.4. The normalized spacial score (nSPS) is 22.3. The summed E-state index contributed by atoms with van der Waals surface area (Å²) in [6, 6.07) is 13.7. The summed E-state index contributed by atoms with van der Waals surface area (Å²) in [6.07, 6.45) is 2.51. The van der Waals surface area contributed by atoms with E-state index in [0.29, 0.717) is 6.61 Å². The first-order chi connectivity index (χ1) is 14.6. The highest BCUT2D eigenvalue weighted by Gasteiger charge is 2.52. The molecule has 1 N–H and O–H groups in total. The van der Waals surface area contributed by atoms with Crippen molar-refractivity contribution in [3.05, 3.63) is 53.6 Å². The Morgan fingerprint density at radius 3 is 2.67 bits per heavy atom. The Morgan fingerprint density at radius 1 is 1.13 bits per heavy atom. The molecule has 0 saturated carbocycles. The van der Waals surface area contributed by atoms with Gasteiger partial charge in [-0.3, -0.25) is 0 Å². The molecule has 0 aliphatic carbocycles. The van der Waals surface area contributed by atoms with Crippen LogP contribution in [-0.2, 0) is 0 Å².